The van der Waals surface area contributed by atoms with E-state index in [0.717, 1.165) is 11.8 Å². The Balaban J connectivity index is 2.06. The molecule has 2 unspecified atom stereocenters. The van der Waals surface area contributed by atoms with Crippen molar-refractivity contribution in [1.29, 1.82) is 0 Å². The van der Waals surface area contributed by atoms with Crippen LogP contribution in [0.1, 0.15) is 26.2 Å². The topological polar surface area (TPSA) is 24.4 Å². The second-order valence-corrected chi connectivity index (χ2v) is 4.27. The van der Waals surface area contributed by atoms with Crippen LogP contribution >= 0.6 is 0 Å². The minimum Gasteiger partial charge on any atom is -0.283 e. The first kappa shape index (κ1) is 6.70. The average Bonchev–Trinajstić information content (AvgIpc) is 2.64. The van der Waals surface area contributed by atoms with Gasteiger partial charge in [0.15, 0.2) is 0 Å². The first-order valence-corrected chi connectivity index (χ1v) is 4.86. The lowest BCUT2D eigenvalue weighted by Gasteiger charge is -2.26. The molecule has 0 radical (unpaired) electrons. The van der Waals surface area contributed by atoms with E-state index in [0.29, 0.717) is 5.92 Å². The fourth-order valence-electron chi connectivity index (χ4n) is 3.19. The summed E-state index contributed by atoms with van der Waals surface area (Å²) < 4.78 is 0. The Morgan fingerprint density at radius 1 is 1.50 bits per heavy atom. The monoisotopic (exact) mass is 162 g/mol. The van der Waals surface area contributed by atoms with Gasteiger partial charge in [0, 0.05) is 17.8 Å². The molecule has 64 valence electrons. The molecule has 12 heavy (non-hydrogen) atoms. The maximum Gasteiger partial charge on any atom is 0.0321 e. The van der Waals surface area contributed by atoms with Gasteiger partial charge in [-0.3, -0.25) is 5.43 Å². The van der Waals surface area contributed by atoms with Crippen LogP contribution in [0, 0.1) is 17.8 Å². The molecule has 3 aliphatic rings. The molecule has 0 aromatic rings. The molecule has 1 aliphatic heterocycles. The normalized spacial score (nSPS) is 43.2. The number of fused-ring (bicyclic) bond motifs is 5. The minimum atomic E-state index is 0.699. The van der Waals surface area contributed by atoms with E-state index in [1.54, 1.807) is 5.57 Å². The number of rotatable bonds is 0. The van der Waals surface area contributed by atoms with Crippen LogP contribution in [0.25, 0.3) is 0 Å². The lowest BCUT2D eigenvalue weighted by Crippen LogP contribution is -2.24. The molecule has 2 bridgehead atoms. The fourth-order valence-corrected chi connectivity index (χ4v) is 3.19. The summed E-state index contributed by atoms with van der Waals surface area (Å²) in [6, 6.07) is 0. The van der Waals surface area contributed by atoms with E-state index in [9.17, 15) is 0 Å². The van der Waals surface area contributed by atoms with Gasteiger partial charge in [0.25, 0.3) is 0 Å². The zero-order chi connectivity index (χ0) is 8.13. The first-order chi connectivity index (χ1) is 5.86. The average molecular weight is 162 g/mol. The van der Waals surface area contributed by atoms with Gasteiger partial charge in [0.2, 0.25) is 0 Å². The molecule has 1 N–H and O–H groups in total. The number of hydrazone groups is 1. The lowest BCUT2D eigenvalue weighted by atomic mass is 9.83. The van der Waals surface area contributed by atoms with E-state index in [2.05, 4.69) is 23.7 Å². The van der Waals surface area contributed by atoms with Crippen LogP contribution in [0.3, 0.4) is 0 Å². The molecule has 0 amide bonds. The molecular formula is C10H14N2. The van der Waals surface area contributed by atoms with Crippen LogP contribution in [-0.4, -0.2) is 6.21 Å². The van der Waals surface area contributed by atoms with Gasteiger partial charge in [-0.25, -0.2) is 0 Å². The van der Waals surface area contributed by atoms with Crippen molar-refractivity contribution in [2.24, 2.45) is 22.9 Å². The molecule has 0 spiro atoms. The van der Waals surface area contributed by atoms with E-state index in [-0.39, 0.29) is 0 Å². The van der Waals surface area contributed by atoms with Crippen LogP contribution in [-0.2, 0) is 0 Å². The summed E-state index contributed by atoms with van der Waals surface area (Å²) in [5, 5.41) is 4.19. The number of allylic oxidation sites excluding steroid dienone is 2. The number of hydrogen-bond donors (Lipinski definition) is 1. The summed E-state index contributed by atoms with van der Waals surface area (Å²) in [5.74, 6) is 2.51. The number of nitrogens with zero attached hydrogens (tertiary/aromatic N) is 1. The molecule has 0 saturated heterocycles. The molecule has 3 rings (SSSR count). The predicted molar refractivity (Wildman–Crippen MR) is 48.6 cm³/mol. The Hall–Kier alpha value is -0.790. The van der Waals surface area contributed by atoms with Gasteiger partial charge < -0.3 is 0 Å². The van der Waals surface area contributed by atoms with Crippen LogP contribution in [0.5, 0.6) is 0 Å². The largest absolute Gasteiger partial charge is 0.283 e. The van der Waals surface area contributed by atoms with Crippen molar-refractivity contribution in [1.82, 2.24) is 5.43 Å². The van der Waals surface area contributed by atoms with Gasteiger partial charge >= 0.3 is 0 Å². The quantitative estimate of drug-likeness (QED) is 0.578. The molecule has 0 aromatic carbocycles. The Morgan fingerprint density at radius 3 is 3.25 bits per heavy atom. The van der Waals surface area contributed by atoms with Crippen molar-refractivity contribution < 1.29 is 0 Å². The van der Waals surface area contributed by atoms with Gasteiger partial charge in [0.1, 0.15) is 0 Å². The van der Waals surface area contributed by atoms with E-state index in [1.165, 1.54) is 25.0 Å². The van der Waals surface area contributed by atoms with Crippen molar-refractivity contribution in [3.05, 3.63) is 11.3 Å². The summed E-state index contributed by atoms with van der Waals surface area (Å²) >= 11 is 0. The highest BCUT2D eigenvalue weighted by atomic mass is 15.3. The van der Waals surface area contributed by atoms with Gasteiger partial charge in [-0.1, -0.05) is 0 Å². The van der Waals surface area contributed by atoms with E-state index in [1.807, 2.05) is 0 Å². The highest BCUT2D eigenvalue weighted by Gasteiger charge is 2.44. The standard InChI is InChI=1S/C10H14N2/c1-6-10-8-3-2-7(4-8)9(10)5-11-12-6/h5,7-9,12H,2-4H2,1H3/t7-,8?,9?/m1/s1. The van der Waals surface area contributed by atoms with Gasteiger partial charge in [-0.05, 0) is 43.6 Å². The van der Waals surface area contributed by atoms with E-state index >= 15 is 0 Å². The molecule has 3 atom stereocenters. The molecule has 2 saturated carbocycles. The molecule has 2 heteroatoms. The number of nitrogens with one attached hydrogen (secondary N) is 1. The summed E-state index contributed by atoms with van der Waals surface area (Å²) in [5.41, 5.74) is 6.08. The Kier molecular flexibility index (Phi) is 1.18. The Labute approximate surface area is 72.7 Å². The highest BCUT2D eigenvalue weighted by molar-refractivity contribution is 5.69. The molecule has 1 heterocycles. The second kappa shape index (κ2) is 2.12. The summed E-state index contributed by atoms with van der Waals surface area (Å²) in [6.07, 6.45) is 6.39. The summed E-state index contributed by atoms with van der Waals surface area (Å²) in [6.45, 7) is 2.17. The van der Waals surface area contributed by atoms with Crippen molar-refractivity contribution >= 4 is 6.21 Å². The third-order valence-corrected chi connectivity index (χ3v) is 3.68. The fraction of sp³-hybridized carbons (Fsp3) is 0.700. The minimum absolute atomic E-state index is 0.699. The van der Waals surface area contributed by atoms with Gasteiger partial charge in [0.05, 0.1) is 0 Å². The zero-order valence-electron chi connectivity index (χ0n) is 7.38. The van der Waals surface area contributed by atoms with E-state index < -0.39 is 0 Å². The predicted octanol–water partition coefficient (Wildman–Crippen LogP) is 1.90. The smallest absolute Gasteiger partial charge is 0.0321 e. The summed E-state index contributed by atoms with van der Waals surface area (Å²) in [7, 11) is 0. The Morgan fingerprint density at radius 2 is 2.42 bits per heavy atom. The van der Waals surface area contributed by atoms with Crippen LogP contribution in [0.15, 0.2) is 16.4 Å². The van der Waals surface area contributed by atoms with Crippen LogP contribution < -0.4 is 5.43 Å². The van der Waals surface area contributed by atoms with Crippen molar-refractivity contribution in [2.75, 3.05) is 0 Å². The van der Waals surface area contributed by atoms with Crippen molar-refractivity contribution in [2.45, 2.75) is 26.2 Å². The zero-order valence-corrected chi connectivity index (χ0v) is 7.38. The maximum absolute atomic E-state index is 4.19. The SMILES string of the molecule is CC1=C2C3CC[C@H](C3)C2C=NN1. The lowest BCUT2D eigenvalue weighted by molar-refractivity contribution is 0.483. The third-order valence-electron chi connectivity index (χ3n) is 3.68. The molecule has 2 aliphatic carbocycles. The number of hydrogen-bond acceptors (Lipinski definition) is 2. The van der Waals surface area contributed by atoms with Crippen molar-refractivity contribution in [3.63, 3.8) is 0 Å². The molecule has 2 fully saturated rings. The van der Waals surface area contributed by atoms with Crippen LogP contribution in [0.2, 0.25) is 0 Å². The van der Waals surface area contributed by atoms with Gasteiger partial charge in [-0.15, -0.1) is 0 Å². The third kappa shape index (κ3) is 0.680. The highest BCUT2D eigenvalue weighted by Crippen LogP contribution is 2.52. The van der Waals surface area contributed by atoms with E-state index in [4.69, 9.17) is 0 Å². The second-order valence-electron chi connectivity index (χ2n) is 4.27. The molecule has 0 aromatic heterocycles. The molecule has 2 nitrogen and oxygen atoms in total. The maximum atomic E-state index is 4.19. The Bertz CT molecular complexity index is 278. The van der Waals surface area contributed by atoms with Crippen LogP contribution in [0.4, 0.5) is 0 Å². The van der Waals surface area contributed by atoms with Crippen molar-refractivity contribution in [3.8, 4) is 0 Å². The first-order valence-electron chi connectivity index (χ1n) is 4.86. The molecular weight excluding hydrogens is 148 g/mol. The summed E-state index contributed by atoms with van der Waals surface area (Å²) in [4.78, 5) is 0. The van der Waals surface area contributed by atoms with Gasteiger partial charge in [-0.2, -0.15) is 5.10 Å².